The third-order valence-electron chi connectivity index (χ3n) is 11.5. The smallest absolute Gasteiger partial charge is 0.137 e. The van der Waals surface area contributed by atoms with Crippen LogP contribution in [0.5, 0.6) is 0 Å². The summed E-state index contributed by atoms with van der Waals surface area (Å²) in [5, 5.41) is 14.8. The summed E-state index contributed by atoms with van der Waals surface area (Å²) in [4.78, 5) is 5.16. The molecule has 2 atom stereocenters. The molecule has 6 heteroatoms. The van der Waals surface area contributed by atoms with E-state index in [0.717, 1.165) is 44.6 Å². The summed E-state index contributed by atoms with van der Waals surface area (Å²) in [5.41, 5.74) is 11.0. The van der Waals surface area contributed by atoms with Gasteiger partial charge in [-0.25, -0.2) is 4.99 Å². The average molecular weight is 751 g/mol. The van der Waals surface area contributed by atoms with Gasteiger partial charge in [-0.05, 0) is 53.1 Å². The molecule has 0 saturated heterocycles. The van der Waals surface area contributed by atoms with Crippen molar-refractivity contribution >= 4 is 81.1 Å². The van der Waals surface area contributed by atoms with Gasteiger partial charge in [-0.2, -0.15) is 0 Å². The van der Waals surface area contributed by atoms with Gasteiger partial charge in [0.15, 0.2) is 0 Å². The van der Waals surface area contributed by atoms with Gasteiger partial charge in [-0.15, -0.1) is 11.3 Å². The number of benzene rings is 8. The number of aliphatic imine (C=N–C) groups is 1. The van der Waals surface area contributed by atoms with Crippen LogP contribution < -0.4 is 10.6 Å². The molecule has 0 amide bonds. The highest BCUT2D eigenvalue weighted by atomic mass is 32.1. The van der Waals surface area contributed by atoms with Crippen molar-refractivity contribution in [2.75, 3.05) is 0 Å². The van der Waals surface area contributed by atoms with Crippen molar-refractivity contribution < 1.29 is 4.42 Å². The molecule has 0 aliphatic carbocycles. The number of fused-ring (bicyclic) bond motifs is 9. The maximum absolute atomic E-state index is 6.71. The molecule has 4 heterocycles. The third kappa shape index (κ3) is 5.08. The summed E-state index contributed by atoms with van der Waals surface area (Å²) in [6.07, 6.45) is -0.358. The lowest BCUT2D eigenvalue weighted by atomic mass is 9.95. The van der Waals surface area contributed by atoms with Gasteiger partial charge in [-0.3, -0.25) is 5.32 Å². The summed E-state index contributed by atoms with van der Waals surface area (Å²) >= 11 is 1.85. The van der Waals surface area contributed by atoms with E-state index >= 15 is 0 Å². The zero-order chi connectivity index (χ0) is 37.5. The summed E-state index contributed by atoms with van der Waals surface area (Å²) in [6.45, 7) is 0. The predicted octanol–water partition coefficient (Wildman–Crippen LogP) is 13.1. The summed E-state index contributed by atoms with van der Waals surface area (Å²) in [6, 6.07) is 64.7. The molecule has 1 aliphatic heterocycles. The molecule has 0 saturated carbocycles. The third-order valence-corrected chi connectivity index (χ3v) is 12.7. The highest BCUT2D eigenvalue weighted by Crippen LogP contribution is 2.46. The molecule has 5 nitrogen and oxygen atoms in total. The van der Waals surface area contributed by atoms with Gasteiger partial charge in [0.1, 0.15) is 29.3 Å². The standard InChI is InChI=1S/C51H34N4OS/c1-3-14-31(15-4-1)49-52-50(32-16-5-2-6-17-32)54-51(53-49)40-23-11-22-39-47-37(21-13-27-45(47)57-48(39)40)36-20-12-26-43-46(36)38-29-28-33(30-44(38)56-43)55-41-24-9-7-18-34(41)35-19-8-10-25-42(35)55/h1-30,49,51,53H,(H,52,54). The van der Waals surface area contributed by atoms with Gasteiger partial charge >= 0.3 is 0 Å². The Morgan fingerprint density at radius 3 is 2.00 bits per heavy atom. The molecule has 2 N–H and O–H groups in total. The van der Waals surface area contributed by atoms with Crippen LogP contribution in [0.3, 0.4) is 0 Å². The minimum atomic E-state index is -0.199. The largest absolute Gasteiger partial charge is 0.456 e. The van der Waals surface area contributed by atoms with Crippen LogP contribution in [0.1, 0.15) is 29.0 Å². The first kappa shape index (κ1) is 32.3. The molecule has 8 aromatic carbocycles. The maximum Gasteiger partial charge on any atom is 0.137 e. The number of furan rings is 1. The highest BCUT2D eigenvalue weighted by Gasteiger charge is 2.28. The molecule has 1 aliphatic rings. The zero-order valence-electron chi connectivity index (χ0n) is 30.7. The molecule has 0 spiro atoms. The van der Waals surface area contributed by atoms with Crippen LogP contribution in [0.4, 0.5) is 0 Å². The highest BCUT2D eigenvalue weighted by molar-refractivity contribution is 7.26. The predicted molar refractivity (Wildman–Crippen MR) is 238 cm³/mol. The van der Waals surface area contributed by atoms with Crippen molar-refractivity contribution in [3.05, 3.63) is 199 Å². The van der Waals surface area contributed by atoms with E-state index in [1.54, 1.807) is 0 Å². The van der Waals surface area contributed by atoms with Crippen LogP contribution in [0.15, 0.2) is 191 Å². The van der Waals surface area contributed by atoms with Crippen LogP contribution >= 0.6 is 11.3 Å². The Morgan fingerprint density at radius 1 is 0.544 bits per heavy atom. The fraction of sp³-hybridized carbons (Fsp3) is 0.0392. The van der Waals surface area contributed by atoms with E-state index in [1.165, 1.54) is 58.7 Å². The van der Waals surface area contributed by atoms with Gasteiger partial charge in [0.25, 0.3) is 0 Å². The molecule has 0 bridgehead atoms. The van der Waals surface area contributed by atoms with E-state index in [4.69, 9.17) is 9.41 Å². The molecule has 12 rings (SSSR count). The molecule has 2 unspecified atom stereocenters. The Kier molecular flexibility index (Phi) is 7.24. The Labute approximate surface area is 332 Å². The van der Waals surface area contributed by atoms with E-state index in [1.807, 2.05) is 17.4 Å². The first-order valence-corrected chi connectivity index (χ1v) is 20.2. The number of hydrogen-bond donors (Lipinski definition) is 2. The molecular formula is C51H34N4OS. The molecule has 0 fully saturated rings. The summed E-state index contributed by atoms with van der Waals surface area (Å²) < 4.78 is 11.6. The number of amidine groups is 1. The van der Waals surface area contributed by atoms with Crippen molar-refractivity contribution in [1.82, 2.24) is 15.2 Å². The Morgan fingerprint density at radius 2 is 1.21 bits per heavy atom. The van der Waals surface area contributed by atoms with E-state index in [0.29, 0.717) is 0 Å². The summed E-state index contributed by atoms with van der Waals surface area (Å²) in [7, 11) is 0. The van der Waals surface area contributed by atoms with Crippen LogP contribution in [0.2, 0.25) is 0 Å². The zero-order valence-corrected chi connectivity index (χ0v) is 31.5. The van der Waals surface area contributed by atoms with Crippen LogP contribution in [-0.4, -0.2) is 10.4 Å². The Balaban J connectivity index is 1.00. The normalized spacial score (nSPS) is 15.9. The minimum Gasteiger partial charge on any atom is -0.456 e. The molecule has 3 aromatic heterocycles. The summed E-state index contributed by atoms with van der Waals surface area (Å²) in [5.74, 6) is 0.881. The second-order valence-electron chi connectivity index (χ2n) is 14.7. The SMILES string of the molecule is c1ccc(C2=NC(c3ccccc3)NC(c3cccc4c3sc3cccc(-c5cccc6oc7cc(-n8c9ccccc9c9ccccc98)ccc7c56)c34)N2)cc1. The first-order chi connectivity index (χ1) is 28.3. The number of rotatable bonds is 5. The Bertz CT molecular complexity index is 3320. The molecular weight excluding hydrogens is 717 g/mol. The topological polar surface area (TPSA) is 54.5 Å². The van der Waals surface area contributed by atoms with Crippen LogP contribution in [0, 0.1) is 0 Å². The minimum absolute atomic E-state index is 0.159. The van der Waals surface area contributed by atoms with Crippen molar-refractivity contribution in [2.24, 2.45) is 4.99 Å². The Hall–Kier alpha value is -6.99. The van der Waals surface area contributed by atoms with E-state index < -0.39 is 0 Å². The number of hydrogen-bond acceptors (Lipinski definition) is 5. The van der Waals surface area contributed by atoms with Gasteiger partial charge < -0.3 is 14.3 Å². The second kappa shape index (κ2) is 12.8. The molecule has 11 aromatic rings. The lowest BCUT2D eigenvalue weighted by molar-refractivity contribution is 0.411. The fourth-order valence-corrected chi connectivity index (χ4v) is 10.2. The molecule has 0 radical (unpaired) electrons. The number of nitrogens with one attached hydrogen (secondary N) is 2. The quantitative estimate of drug-likeness (QED) is 0.184. The molecule has 270 valence electrons. The second-order valence-corrected chi connectivity index (χ2v) is 15.8. The van der Waals surface area contributed by atoms with Crippen molar-refractivity contribution in [2.45, 2.75) is 12.3 Å². The van der Waals surface area contributed by atoms with Crippen LogP contribution in [0.25, 0.3) is 80.7 Å². The molecule has 57 heavy (non-hydrogen) atoms. The van der Waals surface area contributed by atoms with E-state index in [2.05, 4.69) is 191 Å². The number of nitrogens with zero attached hydrogens (tertiary/aromatic N) is 2. The first-order valence-electron chi connectivity index (χ1n) is 19.4. The van der Waals surface area contributed by atoms with Crippen LogP contribution in [-0.2, 0) is 0 Å². The number of aromatic nitrogens is 1. The lowest BCUT2D eigenvalue weighted by Crippen LogP contribution is -2.45. The fourth-order valence-electron chi connectivity index (χ4n) is 8.97. The van der Waals surface area contributed by atoms with Crippen molar-refractivity contribution in [3.8, 4) is 16.8 Å². The van der Waals surface area contributed by atoms with Gasteiger partial charge in [-0.1, -0.05) is 140 Å². The van der Waals surface area contributed by atoms with Crippen molar-refractivity contribution in [3.63, 3.8) is 0 Å². The average Bonchev–Trinajstić information content (AvgIpc) is 3.96. The maximum atomic E-state index is 6.71. The van der Waals surface area contributed by atoms with E-state index in [9.17, 15) is 0 Å². The number of thiophene rings is 1. The van der Waals surface area contributed by atoms with Gasteiger partial charge in [0.05, 0.1) is 11.0 Å². The van der Waals surface area contributed by atoms with Gasteiger partial charge in [0.2, 0.25) is 0 Å². The monoisotopic (exact) mass is 750 g/mol. The lowest BCUT2D eigenvalue weighted by Gasteiger charge is -2.32. The van der Waals surface area contributed by atoms with E-state index in [-0.39, 0.29) is 12.3 Å². The van der Waals surface area contributed by atoms with Crippen molar-refractivity contribution in [1.29, 1.82) is 0 Å². The number of para-hydroxylation sites is 2. The van der Waals surface area contributed by atoms with Gasteiger partial charge in [0, 0.05) is 64.6 Å².